The molecular weight excluding hydrogens is 376 g/mol. The first-order valence-electron chi connectivity index (χ1n) is 10.4. The highest BCUT2D eigenvalue weighted by Crippen LogP contribution is 2.39. The van der Waals surface area contributed by atoms with Gasteiger partial charge in [-0.15, -0.1) is 0 Å². The molecule has 1 fully saturated rings. The number of pyridine rings is 1. The van der Waals surface area contributed by atoms with E-state index in [1.165, 1.54) is 5.56 Å². The number of aliphatic hydroxyl groups excluding tert-OH is 1. The fraction of sp³-hybridized carbons (Fsp3) is 0.348. The molecule has 5 rings (SSSR count). The predicted octanol–water partition coefficient (Wildman–Crippen LogP) is 2.97. The lowest BCUT2D eigenvalue weighted by Crippen LogP contribution is -2.17. The number of aliphatic hydroxyl groups is 1. The van der Waals surface area contributed by atoms with Crippen molar-refractivity contribution in [2.45, 2.75) is 44.4 Å². The lowest BCUT2D eigenvalue weighted by molar-refractivity contribution is 0.136. The Bertz CT molecular complexity index is 1200. The largest absolute Gasteiger partial charge is 0.391 e. The second-order valence-electron chi connectivity index (χ2n) is 8.30. The summed E-state index contributed by atoms with van der Waals surface area (Å²) in [6, 6.07) is 10.5. The average molecular weight is 403 g/mol. The molecule has 3 atom stereocenters. The van der Waals surface area contributed by atoms with Gasteiger partial charge in [0.05, 0.1) is 17.7 Å². The number of hydrogen-bond acceptors (Lipinski definition) is 6. The number of nitrogens with two attached hydrogens (primary N) is 2. The molecule has 0 bridgehead atoms. The quantitative estimate of drug-likeness (QED) is 0.473. The van der Waals surface area contributed by atoms with Crippen molar-refractivity contribution in [2.75, 3.05) is 5.73 Å². The van der Waals surface area contributed by atoms with Crippen LogP contribution in [0.15, 0.2) is 49.1 Å². The summed E-state index contributed by atoms with van der Waals surface area (Å²) in [4.78, 5) is 13.0. The molecule has 0 aliphatic heterocycles. The Morgan fingerprint density at radius 2 is 2.03 bits per heavy atom. The van der Waals surface area contributed by atoms with Gasteiger partial charge in [-0.2, -0.15) is 0 Å². The molecule has 1 saturated carbocycles. The maximum absolute atomic E-state index is 10.7. The highest BCUT2D eigenvalue weighted by molar-refractivity contribution is 5.82. The Hall–Kier alpha value is -3.03. The molecule has 30 heavy (non-hydrogen) atoms. The van der Waals surface area contributed by atoms with E-state index < -0.39 is 0 Å². The lowest BCUT2D eigenvalue weighted by Gasteiger charge is -2.17. The minimum absolute atomic E-state index is 0.0650. The van der Waals surface area contributed by atoms with E-state index in [1.54, 1.807) is 6.33 Å². The third-order valence-electron chi connectivity index (χ3n) is 6.38. The van der Waals surface area contributed by atoms with Gasteiger partial charge in [-0.05, 0) is 55.4 Å². The number of aromatic nitrogens is 4. The topological polar surface area (TPSA) is 116 Å². The summed E-state index contributed by atoms with van der Waals surface area (Å²) < 4.78 is 2.11. The molecule has 0 unspecified atom stereocenters. The molecular formula is C23H26N6O. The number of nitrogens with zero attached hydrogens (tertiary/aromatic N) is 4. The second kappa shape index (κ2) is 7.66. The standard InChI is InChI=1S/C23H26N6O/c24-11-18-10-16-4-3-14(7-19(16)28-22(18)25)1-2-15-8-20(21(30)9-15)29-6-5-17-12-26-13-27-23(17)29/h3-7,10,12-13,15,20-21,30H,1-2,8-9,11,24H2,(H2,25,28)/t15-,20+,21+/m0/s1. The molecule has 3 heterocycles. The van der Waals surface area contributed by atoms with Crippen molar-refractivity contribution in [1.29, 1.82) is 0 Å². The van der Waals surface area contributed by atoms with E-state index in [0.29, 0.717) is 18.3 Å². The molecule has 154 valence electrons. The van der Waals surface area contributed by atoms with Crippen LogP contribution in [-0.4, -0.2) is 30.7 Å². The lowest BCUT2D eigenvalue weighted by atomic mass is 9.97. The van der Waals surface area contributed by atoms with E-state index in [1.807, 2.05) is 24.5 Å². The number of hydrogen-bond donors (Lipinski definition) is 3. The van der Waals surface area contributed by atoms with Crippen LogP contribution in [0.1, 0.15) is 36.4 Å². The van der Waals surface area contributed by atoms with E-state index in [0.717, 1.165) is 53.2 Å². The third kappa shape index (κ3) is 3.40. The van der Waals surface area contributed by atoms with Gasteiger partial charge in [-0.25, -0.2) is 15.0 Å². The summed E-state index contributed by atoms with van der Waals surface area (Å²) in [6.45, 7) is 0.393. The monoisotopic (exact) mass is 402 g/mol. The molecule has 5 N–H and O–H groups in total. The van der Waals surface area contributed by atoms with E-state index >= 15 is 0 Å². The number of fused-ring (bicyclic) bond motifs is 2. The highest BCUT2D eigenvalue weighted by Gasteiger charge is 2.34. The van der Waals surface area contributed by atoms with Crippen molar-refractivity contribution in [3.8, 4) is 0 Å². The number of nitrogen functional groups attached to an aromatic ring is 1. The molecule has 7 heteroatoms. The van der Waals surface area contributed by atoms with Gasteiger partial charge in [-0.3, -0.25) is 0 Å². The average Bonchev–Trinajstić information content (AvgIpc) is 3.34. The molecule has 1 aliphatic carbocycles. The van der Waals surface area contributed by atoms with Crippen LogP contribution in [0, 0.1) is 5.92 Å². The van der Waals surface area contributed by atoms with Gasteiger partial charge in [-0.1, -0.05) is 12.1 Å². The first kappa shape index (κ1) is 19.0. The molecule has 0 spiro atoms. The summed E-state index contributed by atoms with van der Waals surface area (Å²) >= 11 is 0. The van der Waals surface area contributed by atoms with Crippen LogP contribution in [0.25, 0.3) is 21.9 Å². The Balaban J connectivity index is 1.29. The zero-order valence-electron chi connectivity index (χ0n) is 16.8. The normalized spacial score (nSPS) is 21.6. The summed E-state index contributed by atoms with van der Waals surface area (Å²) in [5, 5.41) is 12.8. The van der Waals surface area contributed by atoms with Crippen LogP contribution in [-0.2, 0) is 13.0 Å². The zero-order valence-corrected chi connectivity index (χ0v) is 16.8. The number of rotatable bonds is 5. The van der Waals surface area contributed by atoms with E-state index in [4.69, 9.17) is 11.5 Å². The van der Waals surface area contributed by atoms with Crippen LogP contribution in [0.4, 0.5) is 5.82 Å². The third-order valence-corrected chi connectivity index (χ3v) is 6.38. The first-order valence-corrected chi connectivity index (χ1v) is 10.4. The van der Waals surface area contributed by atoms with Crippen LogP contribution in [0.2, 0.25) is 0 Å². The Kier molecular flexibility index (Phi) is 4.84. The van der Waals surface area contributed by atoms with Gasteiger partial charge in [0.25, 0.3) is 0 Å². The van der Waals surface area contributed by atoms with Crippen molar-refractivity contribution in [3.63, 3.8) is 0 Å². The second-order valence-corrected chi connectivity index (χ2v) is 8.30. The maximum Gasteiger partial charge on any atom is 0.143 e. The molecule has 4 aromatic rings. The van der Waals surface area contributed by atoms with Crippen LogP contribution in [0.5, 0.6) is 0 Å². The molecule has 1 aliphatic rings. The zero-order chi connectivity index (χ0) is 20.7. The van der Waals surface area contributed by atoms with Crippen molar-refractivity contribution >= 4 is 27.8 Å². The summed E-state index contributed by atoms with van der Waals surface area (Å²) in [5.74, 6) is 0.976. The fourth-order valence-corrected chi connectivity index (χ4v) is 4.76. The summed E-state index contributed by atoms with van der Waals surface area (Å²) in [5.41, 5.74) is 15.7. The fourth-order valence-electron chi connectivity index (χ4n) is 4.76. The summed E-state index contributed by atoms with van der Waals surface area (Å²) in [6.07, 6.45) is 8.79. The molecule has 0 amide bonds. The van der Waals surface area contributed by atoms with Crippen LogP contribution in [0.3, 0.4) is 0 Å². The van der Waals surface area contributed by atoms with Crippen molar-refractivity contribution in [3.05, 3.63) is 60.2 Å². The Labute approximate surface area is 174 Å². The van der Waals surface area contributed by atoms with E-state index in [-0.39, 0.29) is 12.1 Å². The maximum atomic E-state index is 10.7. The highest BCUT2D eigenvalue weighted by atomic mass is 16.3. The molecule has 0 radical (unpaired) electrons. The van der Waals surface area contributed by atoms with Crippen molar-refractivity contribution in [1.82, 2.24) is 19.5 Å². The minimum atomic E-state index is -0.353. The van der Waals surface area contributed by atoms with Crippen molar-refractivity contribution in [2.24, 2.45) is 11.7 Å². The van der Waals surface area contributed by atoms with E-state index in [9.17, 15) is 5.11 Å². The van der Waals surface area contributed by atoms with Gasteiger partial charge in [0.1, 0.15) is 17.8 Å². The van der Waals surface area contributed by atoms with E-state index in [2.05, 4.69) is 37.7 Å². The van der Waals surface area contributed by atoms with Gasteiger partial charge in [0, 0.05) is 35.3 Å². The Morgan fingerprint density at radius 3 is 2.90 bits per heavy atom. The first-order chi connectivity index (χ1) is 14.6. The molecule has 3 aromatic heterocycles. The van der Waals surface area contributed by atoms with Gasteiger partial charge in [0.2, 0.25) is 0 Å². The number of anilines is 1. The molecule has 7 nitrogen and oxygen atoms in total. The van der Waals surface area contributed by atoms with Gasteiger partial charge >= 0.3 is 0 Å². The number of aryl methyl sites for hydroxylation is 1. The van der Waals surface area contributed by atoms with Crippen LogP contribution >= 0.6 is 0 Å². The van der Waals surface area contributed by atoms with Crippen molar-refractivity contribution < 1.29 is 5.11 Å². The predicted molar refractivity (Wildman–Crippen MR) is 118 cm³/mol. The van der Waals surface area contributed by atoms with Crippen LogP contribution < -0.4 is 11.5 Å². The Morgan fingerprint density at radius 1 is 1.13 bits per heavy atom. The summed E-state index contributed by atoms with van der Waals surface area (Å²) in [7, 11) is 0. The van der Waals surface area contributed by atoms with Gasteiger partial charge in [0.15, 0.2) is 0 Å². The van der Waals surface area contributed by atoms with Gasteiger partial charge < -0.3 is 21.1 Å². The number of benzene rings is 1. The minimum Gasteiger partial charge on any atom is -0.391 e. The SMILES string of the molecule is NCc1cc2ccc(CC[C@@H]3C[C@@H](O)[C@H](n4ccc5cncnc54)C3)cc2nc1N. The smallest absolute Gasteiger partial charge is 0.143 e. The molecule has 0 saturated heterocycles. The molecule has 1 aromatic carbocycles.